The van der Waals surface area contributed by atoms with Crippen molar-refractivity contribution in [1.82, 2.24) is 14.5 Å². The predicted molar refractivity (Wildman–Crippen MR) is 130 cm³/mol. The van der Waals surface area contributed by atoms with Crippen LogP contribution in [0.15, 0.2) is 61.1 Å². The zero-order valence-electron chi connectivity index (χ0n) is 18.7. The van der Waals surface area contributed by atoms with Crippen molar-refractivity contribution in [2.45, 2.75) is 18.9 Å². The fraction of sp³-hybridized carbons (Fsp3) is 0.292. The number of rotatable bonds is 5. The molecular formula is C24H28ClN5O3. The standard InChI is InChI=1S/C24H27N5O3.ClH/c1-27(19-10-12-28(13-11-19)21-8-3-4-9-22(21)32-2)24(31)29-15-20(26-16-29)17-6-5-7-18(14-17)23(25)30;/h3-9,14-16,19H,10-13H2,1-2H3,(H2,25,30);1H. The number of imidazole rings is 1. The van der Waals surface area contributed by atoms with Gasteiger partial charge in [-0.1, -0.05) is 24.3 Å². The molecule has 1 aromatic heterocycles. The van der Waals surface area contributed by atoms with E-state index < -0.39 is 5.91 Å². The highest BCUT2D eigenvalue weighted by Crippen LogP contribution is 2.30. The van der Waals surface area contributed by atoms with Crippen LogP contribution in [0.4, 0.5) is 10.5 Å². The van der Waals surface area contributed by atoms with Gasteiger partial charge in [-0.3, -0.25) is 9.36 Å². The van der Waals surface area contributed by atoms with E-state index in [4.69, 9.17) is 10.5 Å². The molecule has 2 N–H and O–H groups in total. The Morgan fingerprint density at radius 1 is 1.12 bits per heavy atom. The number of nitrogens with zero attached hydrogens (tertiary/aromatic N) is 4. The van der Waals surface area contributed by atoms with Crippen molar-refractivity contribution in [2.75, 3.05) is 32.1 Å². The van der Waals surface area contributed by atoms with Crippen molar-refractivity contribution in [2.24, 2.45) is 5.73 Å². The average Bonchev–Trinajstić information content (AvgIpc) is 3.33. The summed E-state index contributed by atoms with van der Waals surface area (Å²) in [6.07, 6.45) is 4.92. The first-order chi connectivity index (χ1) is 15.5. The van der Waals surface area contributed by atoms with Gasteiger partial charge in [-0.2, -0.15) is 0 Å². The van der Waals surface area contributed by atoms with Gasteiger partial charge in [0.15, 0.2) is 0 Å². The fourth-order valence-corrected chi connectivity index (χ4v) is 4.13. The number of hydrogen-bond donors (Lipinski definition) is 1. The summed E-state index contributed by atoms with van der Waals surface area (Å²) in [5, 5.41) is 0. The van der Waals surface area contributed by atoms with Crippen LogP contribution >= 0.6 is 12.4 Å². The minimum Gasteiger partial charge on any atom is -0.495 e. The molecule has 4 rings (SSSR count). The summed E-state index contributed by atoms with van der Waals surface area (Å²) in [4.78, 5) is 32.9. The molecule has 1 aliphatic rings. The van der Waals surface area contributed by atoms with E-state index in [0.29, 0.717) is 11.3 Å². The molecule has 9 heteroatoms. The molecule has 8 nitrogen and oxygen atoms in total. The van der Waals surface area contributed by atoms with E-state index in [1.165, 1.54) is 10.9 Å². The Bertz CT molecular complexity index is 1120. The SMILES string of the molecule is COc1ccccc1N1CCC(N(C)C(=O)n2cnc(-c3cccc(C(N)=O)c3)c2)CC1.Cl. The van der Waals surface area contributed by atoms with Crippen LogP contribution in [0.2, 0.25) is 0 Å². The smallest absolute Gasteiger partial charge is 0.329 e. The van der Waals surface area contributed by atoms with Gasteiger partial charge in [0.05, 0.1) is 18.5 Å². The van der Waals surface area contributed by atoms with E-state index in [1.807, 2.05) is 31.3 Å². The number of methoxy groups -OCH3 is 1. The lowest BCUT2D eigenvalue weighted by atomic mass is 10.0. The maximum atomic E-state index is 13.1. The minimum atomic E-state index is -0.499. The van der Waals surface area contributed by atoms with E-state index in [1.54, 1.807) is 36.4 Å². The third kappa shape index (κ3) is 5.12. The van der Waals surface area contributed by atoms with Gasteiger partial charge in [-0.25, -0.2) is 9.78 Å². The van der Waals surface area contributed by atoms with Gasteiger partial charge in [0.2, 0.25) is 5.91 Å². The van der Waals surface area contributed by atoms with E-state index in [2.05, 4.69) is 16.0 Å². The Morgan fingerprint density at radius 3 is 2.55 bits per heavy atom. The number of ether oxygens (including phenoxy) is 1. The van der Waals surface area contributed by atoms with Crippen LogP contribution in [0.5, 0.6) is 5.75 Å². The summed E-state index contributed by atoms with van der Waals surface area (Å²) in [6, 6.07) is 14.9. The summed E-state index contributed by atoms with van der Waals surface area (Å²) >= 11 is 0. The van der Waals surface area contributed by atoms with Gasteiger partial charge in [-0.05, 0) is 37.1 Å². The number of benzene rings is 2. The van der Waals surface area contributed by atoms with E-state index in [-0.39, 0.29) is 24.5 Å². The second-order valence-corrected chi connectivity index (χ2v) is 7.89. The zero-order chi connectivity index (χ0) is 22.7. The Labute approximate surface area is 199 Å². The molecule has 0 spiro atoms. The van der Waals surface area contributed by atoms with Crippen LogP contribution < -0.4 is 15.4 Å². The topological polar surface area (TPSA) is 93.7 Å². The predicted octanol–water partition coefficient (Wildman–Crippen LogP) is 3.65. The summed E-state index contributed by atoms with van der Waals surface area (Å²) in [5.74, 6) is 0.364. The van der Waals surface area contributed by atoms with Gasteiger partial charge in [0.25, 0.3) is 0 Å². The van der Waals surface area contributed by atoms with E-state index in [0.717, 1.165) is 42.9 Å². The number of para-hydroxylation sites is 2. The molecule has 1 aliphatic heterocycles. The average molecular weight is 470 g/mol. The molecule has 0 aliphatic carbocycles. The van der Waals surface area contributed by atoms with Crippen LogP contribution in [-0.4, -0.2) is 59.7 Å². The number of amides is 2. The molecule has 0 saturated carbocycles. The second kappa shape index (κ2) is 10.4. The van der Waals surface area contributed by atoms with Gasteiger partial charge in [0.1, 0.15) is 12.1 Å². The molecular weight excluding hydrogens is 442 g/mol. The van der Waals surface area contributed by atoms with Crippen molar-refractivity contribution in [1.29, 1.82) is 0 Å². The van der Waals surface area contributed by atoms with E-state index >= 15 is 0 Å². The van der Waals surface area contributed by atoms with Gasteiger partial charge >= 0.3 is 6.03 Å². The maximum Gasteiger partial charge on any atom is 0.329 e. The molecule has 1 saturated heterocycles. The van der Waals surface area contributed by atoms with E-state index in [9.17, 15) is 9.59 Å². The molecule has 0 atom stereocenters. The fourth-order valence-electron chi connectivity index (χ4n) is 4.13. The highest BCUT2D eigenvalue weighted by atomic mass is 35.5. The first-order valence-corrected chi connectivity index (χ1v) is 10.6. The minimum absolute atomic E-state index is 0. The highest BCUT2D eigenvalue weighted by Gasteiger charge is 2.27. The molecule has 0 unspecified atom stereocenters. The van der Waals surface area contributed by atoms with Gasteiger partial charge < -0.3 is 20.3 Å². The number of aromatic nitrogens is 2. The molecule has 33 heavy (non-hydrogen) atoms. The van der Waals surface area contributed by atoms with Crippen molar-refractivity contribution in [3.05, 3.63) is 66.6 Å². The number of nitrogens with two attached hydrogens (primary N) is 1. The second-order valence-electron chi connectivity index (χ2n) is 7.89. The molecule has 3 aromatic rings. The Balaban J connectivity index is 0.00000306. The maximum absolute atomic E-state index is 13.1. The number of halogens is 1. The van der Waals surface area contributed by atoms with Crippen molar-refractivity contribution >= 4 is 30.0 Å². The molecule has 0 radical (unpaired) electrons. The summed E-state index contributed by atoms with van der Waals surface area (Å²) in [5.41, 5.74) is 8.20. The third-order valence-electron chi connectivity index (χ3n) is 5.99. The lowest BCUT2D eigenvalue weighted by Gasteiger charge is -2.38. The highest BCUT2D eigenvalue weighted by molar-refractivity contribution is 5.94. The molecule has 2 aromatic carbocycles. The Hall–Kier alpha value is -3.52. The van der Waals surface area contributed by atoms with Crippen molar-refractivity contribution in [3.8, 4) is 17.0 Å². The lowest BCUT2D eigenvalue weighted by molar-refractivity contribution is 0.1000. The third-order valence-corrected chi connectivity index (χ3v) is 5.99. The largest absolute Gasteiger partial charge is 0.495 e. The first-order valence-electron chi connectivity index (χ1n) is 10.6. The van der Waals surface area contributed by atoms with Crippen LogP contribution in [-0.2, 0) is 0 Å². The van der Waals surface area contributed by atoms with Crippen LogP contribution in [0, 0.1) is 0 Å². The summed E-state index contributed by atoms with van der Waals surface area (Å²) in [7, 11) is 3.51. The van der Waals surface area contributed by atoms with Gasteiger partial charge in [-0.15, -0.1) is 12.4 Å². The number of piperidine rings is 1. The summed E-state index contributed by atoms with van der Waals surface area (Å²) < 4.78 is 6.97. The first kappa shape index (κ1) is 24.1. The molecule has 2 amide bonds. The number of carbonyl (C=O) groups excluding carboxylic acids is 2. The zero-order valence-corrected chi connectivity index (χ0v) is 19.5. The number of anilines is 1. The van der Waals surface area contributed by atoms with Crippen molar-refractivity contribution in [3.63, 3.8) is 0 Å². The molecule has 0 bridgehead atoms. The van der Waals surface area contributed by atoms with Crippen molar-refractivity contribution < 1.29 is 14.3 Å². The lowest BCUT2D eigenvalue weighted by Crippen LogP contribution is -2.46. The molecule has 2 heterocycles. The van der Waals surface area contributed by atoms with Crippen LogP contribution in [0.3, 0.4) is 0 Å². The summed E-state index contributed by atoms with van der Waals surface area (Å²) in [6.45, 7) is 1.69. The number of primary amides is 1. The monoisotopic (exact) mass is 469 g/mol. The Morgan fingerprint density at radius 2 is 1.85 bits per heavy atom. The quantitative estimate of drug-likeness (QED) is 0.615. The number of hydrogen-bond acceptors (Lipinski definition) is 5. The van der Waals surface area contributed by atoms with Crippen LogP contribution in [0.1, 0.15) is 23.2 Å². The molecule has 174 valence electrons. The Kier molecular flexibility index (Phi) is 7.60. The number of carbonyl (C=O) groups is 2. The van der Waals surface area contributed by atoms with Gasteiger partial charge in [0, 0.05) is 43.5 Å². The van der Waals surface area contributed by atoms with Crippen LogP contribution in [0.25, 0.3) is 11.3 Å². The molecule has 1 fully saturated rings. The normalized spacial score (nSPS) is 13.8.